The molecule has 0 fully saturated rings. The molecule has 8 heteroatoms. The predicted octanol–water partition coefficient (Wildman–Crippen LogP) is 2.04. The van der Waals surface area contributed by atoms with E-state index >= 15 is 0 Å². The van der Waals surface area contributed by atoms with Crippen molar-refractivity contribution in [1.29, 1.82) is 0 Å². The number of hydrogen-bond donors (Lipinski definition) is 1. The number of sulfonamides is 1. The minimum absolute atomic E-state index is 0.0679. The van der Waals surface area contributed by atoms with E-state index in [4.69, 9.17) is 0 Å². The van der Waals surface area contributed by atoms with Gasteiger partial charge in [-0.2, -0.15) is 5.10 Å². The van der Waals surface area contributed by atoms with Crippen LogP contribution >= 0.6 is 0 Å². The van der Waals surface area contributed by atoms with Crippen LogP contribution < -0.4 is 4.72 Å². The van der Waals surface area contributed by atoms with Gasteiger partial charge in [0.05, 0.1) is 12.1 Å². The summed E-state index contributed by atoms with van der Waals surface area (Å²) in [6.07, 6.45) is 2.94. The van der Waals surface area contributed by atoms with Gasteiger partial charge in [-0.15, -0.1) is 0 Å². The molecule has 0 aliphatic rings. The lowest BCUT2D eigenvalue weighted by atomic mass is 9.96. The first-order valence-electron chi connectivity index (χ1n) is 7.22. The fourth-order valence-corrected chi connectivity index (χ4v) is 3.16. The molecule has 1 heterocycles. The van der Waals surface area contributed by atoms with Crippen molar-refractivity contribution in [3.05, 3.63) is 48.0 Å². The van der Waals surface area contributed by atoms with Crippen LogP contribution in [-0.2, 0) is 21.4 Å². The third kappa shape index (κ3) is 3.95. The number of nitrogens with one attached hydrogen (secondary N) is 1. The van der Waals surface area contributed by atoms with E-state index in [1.165, 1.54) is 41.3 Å². The zero-order valence-corrected chi connectivity index (χ0v) is 13.7. The first kappa shape index (κ1) is 17.1. The van der Waals surface area contributed by atoms with Crippen LogP contribution in [0.1, 0.15) is 31.7 Å². The van der Waals surface area contributed by atoms with Crippen molar-refractivity contribution in [2.75, 3.05) is 0 Å². The van der Waals surface area contributed by atoms with E-state index in [9.17, 15) is 17.6 Å². The standard InChI is InChI=1S/C15H18FN3O3S/c1-3-14(11-5-7-12(16)8-6-11)15(20)18-23(21,22)13-9-17-19(4-2)10-13/h5-10,14H,3-4H2,1-2H3,(H,18,20)/t14-/m1/s1. The second kappa shape index (κ2) is 6.91. The molecule has 1 atom stereocenters. The van der Waals surface area contributed by atoms with Crippen molar-refractivity contribution in [1.82, 2.24) is 14.5 Å². The topological polar surface area (TPSA) is 81.1 Å². The quantitative estimate of drug-likeness (QED) is 0.873. The predicted molar refractivity (Wildman–Crippen MR) is 82.7 cm³/mol. The molecule has 2 rings (SSSR count). The van der Waals surface area contributed by atoms with Crippen LogP contribution in [0.2, 0.25) is 0 Å². The third-order valence-corrected chi connectivity index (χ3v) is 4.78. The monoisotopic (exact) mass is 339 g/mol. The van der Waals surface area contributed by atoms with Crippen molar-refractivity contribution < 1.29 is 17.6 Å². The maximum atomic E-state index is 13.0. The lowest BCUT2D eigenvalue weighted by molar-refractivity contribution is -0.120. The van der Waals surface area contributed by atoms with E-state index < -0.39 is 27.7 Å². The zero-order chi connectivity index (χ0) is 17.0. The number of carbonyl (C=O) groups excluding carboxylic acids is 1. The lowest BCUT2D eigenvalue weighted by Crippen LogP contribution is -2.34. The highest BCUT2D eigenvalue weighted by Crippen LogP contribution is 2.21. The molecule has 0 bridgehead atoms. The summed E-state index contributed by atoms with van der Waals surface area (Å²) in [5, 5.41) is 3.89. The highest BCUT2D eigenvalue weighted by Gasteiger charge is 2.25. The van der Waals surface area contributed by atoms with Crippen LogP contribution in [0.15, 0.2) is 41.6 Å². The van der Waals surface area contributed by atoms with E-state index in [2.05, 4.69) is 9.82 Å². The van der Waals surface area contributed by atoms with E-state index in [1.54, 1.807) is 6.92 Å². The molecular formula is C15H18FN3O3S. The smallest absolute Gasteiger partial charge is 0.267 e. The molecule has 23 heavy (non-hydrogen) atoms. The minimum Gasteiger partial charge on any atom is -0.273 e. The molecule has 1 amide bonds. The third-order valence-electron chi connectivity index (χ3n) is 3.48. The fourth-order valence-electron chi connectivity index (χ4n) is 2.19. The van der Waals surface area contributed by atoms with Crippen molar-refractivity contribution in [2.24, 2.45) is 0 Å². The molecule has 1 aromatic carbocycles. The number of hydrogen-bond acceptors (Lipinski definition) is 4. The SMILES string of the molecule is CC[C@@H](C(=O)NS(=O)(=O)c1cnn(CC)c1)c1ccc(F)cc1. The number of benzene rings is 1. The molecular weight excluding hydrogens is 321 g/mol. The Morgan fingerprint density at radius 2 is 1.96 bits per heavy atom. The van der Waals surface area contributed by atoms with Gasteiger partial charge in [0.25, 0.3) is 10.0 Å². The van der Waals surface area contributed by atoms with Gasteiger partial charge in [0.15, 0.2) is 0 Å². The molecule has 0 unspecified atom stereocenters. The second-order valence-electron chi connectivity index (χ2n) is 5.01. The highest BCUT2D eigenvalue weighted by molar-refractivity contribution is 7.90. The summed E-state index contributed by atoms with van der Waals surface area (Å²) in [6, 6.07) is 5.44. The highest BCUT2D eigenvalue weighted by atomic mass is 32.2. The summed E-state index contributed by atoms with van der Waals surface area (Å²) in [4.78, 5) is 12.2. The molecule has 1 N–H and O–H groups in total. The van der Waals surface area contributed by atoms with Crippen molar-refractivity contribution in [3.63, 3.8) is 0 Å². The number of carbonyl (C=O) groups is 1. The lowest BCUT2D eigenvalue weighted by Gasteiger charge is -2.15. The Morgan fingerprint density at radius 3 is 2.48 bits per heavy atom. The van der Waals surface area contributed by atoms with E-state index in [1.807, 2.05) is 6.92 Å². The summed E-state index contributed by atoms with van der Waals surface area (Å²) >= 11 is 0. The number of amides is 1. The van der Waals surface area contributed by atoms with E-state index in [0.29, 0.717) is 18.5 Å². The summed E-state index contributed by atoms with van der Waals surface area (Å²) in [6.45, 7) is 4.11. The van der Waals surface area contributed by atoms with E-state index in [-0.39, 0.29) is 4.90 Å². The summed E-state index contributed by atoms with van der Waals surface area (Å²) in [7, 11) is -3.98. The molecule has 124 valence electrons. The number of rotatable bonds is 6. The number of halogens is 1. The Bertz CT molecular complexity index is 785. The van der Waals surface area contributed by atoms with Gasteiger partial charge in [0, 0.05) is 12.7 Å². The van der Waals surface area contributed by atoms with Gasteiger partial charge in [0.2, 0.25) is 5.91 Å². The number of aryl methyl sites for hydroxylation is 1. The molecule has 0 saturated heterocycles. The first-order valence-corrected chi connectivity index (χ1v) is 8.70. The Hall–Kier alpha value is -2.22. The van der Waals surface area contributed by atoms with Crippen molar-refractivity contribution in [3.8, 4) is 0 Å². The van der Waals surface area contributed by atoms with E-state index in [0.717, 1.165) is 0 Å². The Kier molecular flexibility index (Phi) is 5.15. The summed E-state index contributed by atoms with van der Waals surface area (Å²) < 4.78 is 41.0. The number of nitrogens with zero attached hydrogens (tertiary/aromatic N) is 2. The van der Waals surface area contributed by atoms with Crippen molar-refractivity contribution in [2.45, 2.75) is 37.6 Å². The first-order chi connectivity index (χ1) is 10.9. The van der Waals surface area contributed by atoms with Gasteiger partial charge >= 0.3 is 0 Å². The van der Waals surface area contributed by atoms with Gasteiger partial charge in [-0.05, 0) is 31.0 Å². The van der Waals surface area contributed by atoms with Crippen LogP contribution in [-0.4, -0.2) is 24.1 Å². The largest absolute Gasteiger partial charge is 0.273 e. The molecule has 0 aliphatic carbocycles. The fraction of sp³-hybridized carbons (Fsp3) is 0.333. The second-order valence-corrected chi connectivity index (χ2v) is 6.70. The Balaban J connectivity index is 2.19. The summed E-state index contributed by atoms with van der Waals surface area (Å²) in [5.41, 5.74) is 0.561. The molecule has 1 aromatic heterocycles. The molecule has 0 spiro atoms. The molecule has 0 saturated carbocycles. The maximum Gasteiger partial charge on any atom is 0.267 e. The summed E-state index contributed by atoms with van der Waals surface area (Å²) in [5.74, 6) is -1.74. The van der Waals surface area contributed by atoms with Gasteiger partial charge in [-0.3, -0.25) is 9.48 Å². The Labute approximate surface area is 134 Å². The van der Waals surface area contributed by atoms with Gasteiger partial charge in [-0.25, -0.2) is 17.5 Å². The molecule has 0 aliphatic heterocycles. The average molecular weight is 339 g/mol. The minimum atomic E-state index is -3.98. The average Bonchev–Trinajstić information content (AvgIpc) is 2.99. The van der Waals surface area contributed by atoms with Gasteiger partial charge < -0.3 is 0 Å². The normalized spacial score (nSPS) is 12.8. The van der Waals surface area contributed by atoms with Crippen LogP contribution in [0.3, 0.4) is 0 Å². The van der Waals surface area contributed by atoms with Crippen LogP contribution in [0.25, 0.3) is 0 Å². The van der Waals surface area contributed by atoms with Crippen LogP contribution in [0.5, 0.6) is 0 Å². The molecule has 6 nitrogen and oxygen atoms in total. The zero-order valence-electron chi connectivity index (χ0n) is 12.9. The Morgan fingerprint density at radius 1 is 1.30 bits per heavy atom. The van der Waals surface area contributed by atoms with Crippen molar-refractivity contribution >= 4 is 15.9 Å². The van der Waals surface area contributed by atoms with Crippen LogP contribution in [0.4, 0.5) is 4.39 Å². The van der Waals surface area contributed by atoms with Crippen LogP contribution in [0, 0.1) is 5.82 Å². The molecule has 0 radical (unpaired) electrons. The van der Waals surface area contributed by atoms with Gasteiger partial charge in [0.1, 0.15) is 10.7 Å². The maximum absolute atomic E-state index is 13.0. The molecule has 2 aromatic rings. The van der Waals surface area contributed by atoms with Gasteiger partial charge in [-0.1, -0.05) is 19.1 Å². The number of aromatic nitrogens is 2.